The van der Waals surface area contributed by atoms with Gasteiger partial charge < -0.3 is 9.64 Å². The molecule has 0 aliphatic carbocycles. The van der Waals surface area contributed by atoms with Gasteiger partial charge in [-0.2, -0.15) is 0 Å². The maximum atomic E-state index is 12.2. The van der Waals surface area contributed by atoms with Crippen LogP contribution in [0.15, 0.2) is 24.3 Å². The smallest absolute Gasteiger partial charge is 0.406 e. The molecule has 0 spiro atoms. The topological polar surface area (TPSA) is 30.3 Å². The number of hydrogen-bond donors (Lipinski definition) is 0. The van der Waals surface area contributed by atoms with Gasteiger partial charge >= 0.3 is 6.36 Å². The number of halogens is 4. The second kappa shape index (κ2) is 9.97. The van der Waals surface area contributed by atoms with Crippen molar-refractivity contribution in [1.82, 2.24) is 9.78 Å². The molecule has 0 aliphatic heterocycles. The fraction of sp³-hybridized carbons (Fsp3) is 0.353. The highest BCUT2D eigenvalue weighted by molar-refractivity contribution is 14.2. The second-order valence-corrected chi connectivity index (χ2v) is 6.62. The number of aromatic nitrogens is 2. The summed E-state index contributed by atoms with van der Waals surface area (Å²) in [5.74, 6) is 3.47. The molecule has 0 saturated heterocycles. The van der Waals surface area contributed by atoms with Gasteiger partial charge in [-0.05, 0) is 51.3 Å². The first kappa shape index (κ1) is 22.5. The minimum atomic E-state index is -4.71. The highest BCUT2D eigenvalue weighted by atomic mass is 127. The van der Waals surface area contributed by atoms with Crippen LogP contribution in [0.4, 0.5) is 19.0 Å². The van der Waals surface area contributed by atoms with E-state index in [9.17, 15) is 13.2 Å². The van der Waals surface area contributed by atoms with Gasteiger partial charge in [0.25, 0.3) is 0 Å². The van der Waals surface area contributed by atoms with Crippen LogP contribution in [0.3, 0.4) is 0 Å². The van der Waals surface area contributed by atoms with Gasteiger partial charge in [-0.3, -0.25) is 0 Å². The lowest BCUT2D eigenvalue weighted by atomic mass is 10.2. The van der Waals surface area contributed by atoms with E-state index in [1.54, 1.807) is 4.68 Å². The standard InChI is InChI=1S/C15H13F3IN3OS.C2H6/c1-10-13(8-9-24-19)14(21(2)3)20-22(10)11-4-6-12(7-5-11)23-15(16,17)18;1-2/h4-7H,1-3H3;1-2H3. The average Bonchev–Trinajstić information content (AvgIpc) is 2.91. The predicted molar refractivity (Wildman–Crippen MR) is 109 cm³/mol. The normalized spacial score (nSPS) is 10.3. The van der Waals surface area contributed by atoms with Crippen molar-refractivity contribution in [2.75, 3.05) is 19.0 Å². The highest BCUT2D eigenvalue weighted by Crippen LogP contribution is 2.27. The summed E-state index contributed by atoms with van der Waals surface area (Å²) in [7, 11) is 5.08. The lowest BCUT2D eigenvalue weighted by molar-refractivity contribution is -0.274. The van der Waals surface area contributed by atoms with Crippen LogP contribution in [0.25, 0.3) is 5.69 Å². The number of nitrogens with zero attached hydrogens (tertiary/aromatic N) is 3. The van der Waals surface area contributed by atoms with Gasteiger partial charge in [0.05, 0.1) is 16.9 Å². The van der Waals surface area contributed by atoms with E-state index in [0.29, 0.717) is 11.5 Å². The van der Waals surface area contributed by atoms with Crippen LogP contribution in [0.5, 0.6) is 5.75 Å². The Labute approximate surface area is 167 Å². The van der Waals surface area contributed by atoms with E-state index in [2.05, 4.69) is 42.2 Å². The summed E-state index contributed by atoms with van der Waals surface area (Å²) in [4.78, 5) is 1.84. The van der Waals surface area contributed by atoms with Gasteiger partial charge in [0, 0.05) is 35.3 Å². The van der Waals surface area contributed by atoms with E-state index in [0.717, 1.165) is 11.3 Å². The van der Waals surface area contributed by atoms with Crippen LogP contribution >= 0.6 is 30.1 Å². The molecule has 2 rings (SSSR count). The summed E-state index contributed by atoms with van der Waals surface area (Å²) in [5.41, 5.74) is 2.21. The summed E-state index contributed by atoms with van der Waals surface area (Å²) < 4.78 is 42.2. The Morgan fingerprint density at radius 3 is 2.23 bits per heavy atom. The van der Waals surface area contributed by atoms with E-state index in [4.69, 9.17) is 0 Å². The van der Waals surface area contributed by atoms with E-state index >= 15 is 0 Å². The van der Waals surface area contributed by atoms with Gasteiger partial charge in [0.1, 0.15) is 5.75 Å². The van der Waals surface area contributed by atoms with Crippen LogP contribution in [-0.4, -0.2) is 30.2 Å². The van der Waals surface area contributed by atoms with Crippen molar-refractivity contribution in [3.8, 4) is 22.6 Å². The minimum Gasteiger partial charge on any atom is -0.406 e. The number of alkyl halides is 3. The van der Waals surface area contributed by atoms with Gasteiger partial charge in [-0.1, -0.05) is 13.8 Å². The van der Waals surface area contributed by atoms with Crippen LogP contribution in [0.2, 0.25) is 0 Å². The predicted octanol–water partition coefficient (Wildman–Crippen LogP) is 5.56. The Balaban J connectivity index is 0.00000163. The Hall–Kier alpha value is -1.54. The summed E-state index contributed by atoms with van der Waals surface area (Å²) in [5, 5.41) is 7.43. The Bertz CT molecular complexity index is 778. The molecule has 142 valence electrons. The summed E-state index contributed by atoms with van der Waals surface area (Å²) in [6.45, 7) is 5.86. The van der Waals surface area contributed by atoms with Crippen molar-refractivity contribution in [2.45, 2.75) is 27.1 Å². The van der Waals surface area contributed by atoms with Crippen molar-refractivity contribution in [3.05, 3.63) is 35.5 Å². The van der Waals surface area contributed by atoms with Crippen molar-refractivity contribution in [1.29, 1.82) is 0 Å². The Kier molecular flexibility index (Phi) is 8.62. The van der Waals surface area contributed by atoms with Gasteiger partial charge in [-0.15, -0.1) is 18.3 Å². The van der Waals surface area contributed by atoms with Crippen molar-refractivity contribution in [2.24, 2.45) is 0 Å². The molecule has 0 bridgehead atoms. The quantitative estimate of drug-likeness (QED) is 0.410. The zero-order valence-electron chi connectivity index (χ0n) is 15.0. The fourth-order valence-corrected chi connectivity index (χ4v) is 2.53. The molecule has 0 amide bonds. The Morgan fingerprint density at radius 2 is 1.77 bits per heavy atom. The summed E-state index contributed by atoms with van der Waals surface area (Å²) >= 11 is 2.08. The van der Waals surface area contributed by atoms with Crippen molar-refractivity contribution < 1.29 is 17.9 Å². The summed E-state index contributed by atoms with van der Waals surface area (Å²) in [6.07, 6.45) is -4.71. The molecule has 1 heterocycles. The molecule has 0 aliphatic rings. The molecule has 0 unspecified atom stereocenters. The van der Waals surface area contributed by atoms with Crippen LogP contribution in [0.1, 0.15) is 25.1 Å². The molecule has 4 nitrogen and oxygen atoms in total. The molecule has 2 aromatic rings. The molecule has 0 N–H and O–H groups in total. The van der Waals surface area contributed by atoms with Crippen LogP contribution < -0.4 is 9.64 Å². The highest BCUT2D eigenvalue weighted by Gasteiger charge is 2.31. The number of hydrogen-bond acceptors (Lipinski definition) is 4. The van der Waals surface area contributed by atoms with E-state index in [-0.39, 0.29) is 5.75 Å². The minimum absolute atomic E-state index is 0.273. The maximum Gasteiger partial charge on any atom is 0.573 e. The molecule has 0 atom stereocenters. The van der Waals surface area contributed by atoms with Gasteiger partial charge in [0.2, 0.25) is 0 Å². The third-order valence-corrected chi connectivity index (χ3v) is 3.89. The average molecular weight is 497 g/mol. The lowest BCUT2D eigenvalue weighted by Crippen LogP contribution is -2.17. The fourth-order valence-electron chi connectivity index (χ4n) is 2.06. The lowest BCUT2D eigenvalue weighted by Gasteiger charge is -2.10. The molecule has 0 radical (unpaired) electrons. The largest absolute Gasteiger partial charge is 0.573 e. The molecule has 1 aromatic carbocycles. The number of anilines is 1. The zero-order chi connectivity index (χ0) is 19.9. The van der Waals surface area contributed by atoms with E-state index in [1.807, 2.05) is 39.8 Å². The first-order chi connectivity index (χ1) is 12.2. The number of rotatable bonds is 3. The van der Waals surface area contributed by atoms with E-state index in [1.165, 1.54) is 33.2 Å². The molecule has 0 saturated carbocycles. The van der Waals surface area contributed by atoms with Gasteiger partial charge in [-0.25, -0.2) is 4.68 Å². The van der Waals surface area contributed by atoms with E-state index < -0.39 is 6.36 Å². The van der Waals surface area contributed by atoms with Crippen molar-refractivity contribution >= 4 is 36.0 Å². The molecule has 9 heteroatoms. The number of ether oxygens (including phenoxy) is 1. The number of benzene rings is 1. The molecule has 26 heavy (non-hydrogen) atoms. The zero-order valence-corrected chi connectivity index (χ0v) is 18.0. The first-order valence-electron chi connectivity index (χ1n) is 7.64. The molecular formula is C17H19F3IN3OS. The third-order valence-electron chi connectivity index (χ3n) is 3.05. The molecule has 1 aromatic heterocycles. The monoisotopic (exact) mass is 497 g/mol. The molecular weight excluding hydrogens is 478 g/mol. The van der Waals surface area contributed by atoms with Gasteiger partial charge in [0.15, 0.2) is 5.82 Å². The second-order valence-electron chi connectivity index (χ2n) is 4.94. The third kappa shape index (κ3) is 6.02. The van der Waals surface area contributed by atoms with Crippen LogP contribution in [-0.2, 0) is 0 Å². The van der Waals surface area contributed by atoms with Crippen molar-refractivity contribution in [3.63, 3.8) is 0 Å². The Morgan fingerprint density at radius 1 is 1.19 bits per heavy atom. The first-order valence-corrected chi connectivity index (χ1v) is 11.0. The maximum absolute atomic E-state index is 12.2. The molecule has 0 fully saturated rings. The SMILES string of the molecule is CC.Cc1c(C#CSI)c(N(C)C)nn1-c1ccc(OC(F)(F)F)cc1. The summed E-state index contributed by atoms with van der Waals surface area (Å²) in [6, 6.07) is 5.55. The van der Waals surface area contributed by atoms with Crippen LogP contribution in [0, 0.1) is 18.1 Å².